The lowest BCUT2D eigenvalue weighted by atomic mass is 10.0. The van der Waals surface area contributed by atoms with E-state index in [-0.39, 0.29) is 18.9 Å². The van der Waals surface area contributed by atoms with Gasteiger partial charge in [0.1, 0.15) is 12.6 Å². The average molecular weight is 448 g/mol. The van der Waals surface area contributed by atoms with Crippen LogP contribution < -0.4 is 5.32 Å². The van der Waals surface area contributed by atoms with Gasteiger partial charge >= 0.3 is 23.9 Å². The molecule has 0 spiro atoms. The van der Waals surface area contributed by atoms with Crippen LogP contribution in [0.2, 0.25) is 0 Å². The number of amides is 1. The van der Waals surface area contributed by atoms with Crippen LogP contribution in [0.15, 0.2) is 0 Å². The van der Waals surface area contributed by atoms with Crippen molar-refractivity contribution in [3.8, 4) is 0 Å². The van der Waals surface area contributed by atoms with E-state index in [9.17, 15) is 24.0 Å². The maximum absolute atomic E-state index is 12.4. The number of hydrogen-bond donors (Lipinski definition) is 1. The summed E-state index contributed by atoms with van der Waals surface area (Å²) in [4.78, 5) is 58.8. The van der Waals surface area contributed by atoms with Gasteiger partial charge in [-0.05, 0) is 6.42 Å². The predicted octanol–water partition coefficient (Wildman–Crippen LogP) is 1.09. The van der Waals surface area contributed by atoms with Gasteiger partial charge in [0.05, 0.1) is 5.25 Å². The Kier molecular flexibility index (Phi) is 10.6. The van der Waals surface area contributed by atoms with Crippen molar-refractivity contribution in [2.24, 2.45) is 0 Å². The molecule has 1 fully saturated rings. The van der Waals surface area contributed by atoms with Crippen molar-refractivity contribution >= 4 is 41.5 Å². The van der Waals surface area contributed by atoms with Gasteiger partial charge in [0.25, 0.3) is 0 Å². The number of carbonyl (C=O) groups is 5. The Morgan fingerprint density at radius 3 is 1.90 bits per heavy atom. The Morgan fingerprint density at radius 1 is 0.833 bits per heavy atom. The minimum Gasteiger partial charge on any atom is -0.465 e. The number of unbranched alkanes of at least 4 members (excludes halogenated alkanes) is 1. The van der Waals surface area contributed by atoms with Crippen LogP contribution in [0.25, 0.3) is 0 Å². The Balaban J connectivity index is 3.28. The van der Waals surface area contributed by atoms with E-state index in [0.29, 0.717) is 6.42 Å². The second kappa shape index (κ2) is 12.4. The SMILES string of the molecule is CCCCC(=O)NC1C(OC(C)=O)SC(COC(C)=O)C(OC(C)=O)C1OC(C)=O. The van der Waals surface area contributed by atoms with Crippen molar-refractivity contribution in [2.75, 3.05) is 6.61 Å². The molecule has 0 aromatic heterocycles. The van der Waals surface area contributed by atoms with Gasteiger partial charge < -0.3 is 24.3 Å². The molecule has 11 heteroatoms. The molecule has 1 amide bonds. The summed E-state index contributed by atoms with van der Waals surface area (Å²) in [6, 6.07) is -0.968. The van der Waals surface area contributed by atoms with Crippen molar-refractivity contribution in [1.82, 2.24) is 5.32 Å². The first kappa shape index (κ1) is 25.7. The predicted molar refractivity (Wildman–Crippen MR) is 106 cm³/mol. The first-order valence-corrected chi connectivity index (χ1v) is 10.6. The molecule has 10 nitrogen and oxygen atoms in total. The highest BCUT2D eigenvalue weighted by Gasteiger charge is 2.51. The molecule has 0 aliphatic carbocycles. The molecule has 1 aliphatic heterocycles. The molecule has 170 valence electrons. The smallest absolute Gasteiger partial charge is 0.303 e. The number of thioether (sulfide) groups is 1. The summed E-state index contributed by atoms with van der Waals surface area (Å²) < 4.78 is 21.2. The number of nitrogens with one attached hydrogen (secondary N) is 1. The monoisotopic (exact) mass is 447 g/mol. The summed E-state index contributed by atoms with van der Waals surface area (Å²) in [6.07, 6.45) is -0.521. The lowest BCUT2D eigenvalue weighted by Crippen LogP contribution is -2.63. The molecule has 0 aromatic rings. The highest BCUT2D eigenvalue weighted by atomic mass is 32.2. The molecule has 1 rings (SSSR count). The summed E-state index contributed by atoms with van der Waals surface area (Å²) in [6.45, 7) is 6.54. The maximum Gasteiger partial charge on any atom is 0.303 e. The minimum atomic E-state index is -1.15. The van der Waals surface area contributed by atoms with Crippen LogP contribution in [0, 0.1) is 0 Å². The molecule has 0 radical (unpaired) electrons. The van der Waals surface area contributed by atoms with E-state index in [1.54, 1.807) is 0 Å². The van der Waals surface area contributed by atoms with Crippen LogP contribution in [-0.2, 0) is 42.9 Å². The molecule has 5 unspecified atom stereocenters. The first-order valence-electron chi connectivity index (χ1n) is 9.65. The van der Waals surface area contributed by atoms with Gasteiger partial charge in [-0.1, -0.05) is 13.3 Å². The zero-order chi connectivity index (χ0) is 22.8. The summed E-state index contributed by atoms with van der Waals surface area (Å²) in [7, 11) is 0. The third-order valence-electron chi connectivity index (χ3n) is 4.07. The lowest BCUT2D eigenvalue weighted by molar-refractivity contribution is -0.175. The Morgan fingerprint density at radius 2 is 1.40 bits per heavy atom. The third kappa shape index (κ3) is 8.60. The van der Waals surface area contributed by atoms with Gasteiger partial charge in [-0.15, -0.1) is 11.8 Å². The zero-order valence-electron chi connectivity index (χ0n) is 17.8. The van der Waals surface area contributed by atoms with Crippen molar-refractivity contribution in [1.29, 1.82) is 0 Å². The van der Waals surface area contributed by atoms with Crippen molar-refractivity contribution < 1.29 is 42.9 Å². The van der Waals surface area contributed by atoms with E-state index in [1.807, 2.05) is 6.92 Å². The fraction of sp³-hybridized carbons (Fsp3) is 0.737. The third-order valence-corrected chi connectivity index (χ3v) is 5.48. The molecule has 0 saturated carbocycles. The second-order valence-electron chi connectivity index (χ2n) is 6.80. The molecule has 5 atom stereocenters. The molecule has 1 N–H and O–H groups in total. The Bertz CT molecular complexity index is 654. The van der Waals surface area contributed by atoms with Gasteiger partial charge in [0.2, 0.25) is 5.91 Å². The minimum absolute atomic E-state index is 0.177. The van der Waals surface area contributed by atoms with Gasteiger partial charge in [0.15, 0.2) is 17.6 Å². The van der Waals surface area contributed by atoms with Crippen LogP contribution in [-0.4, -0.2) is 65.3 Å². The first-order chi connectivity index (χ1) is 14.0. The highest BCUT2D eigenvalue weighted by Crippen LogP contribution is 2.37. The number of esters is 4. The van der Waals surface area contributed by atoms with Crippen LogP contribution in [0.1, 0.15) is 53.9 Å². The van der Waals surface area contributed by atoms with Gasteiger partial charge in [-0.2, -0.15) is 0 Å². The standard InChI is InChI=1S/C19H29NO9S/c1-6-7-8-15(25)20-16-18(28-12(4)23)17(27-11(3)22)14(9-26-10(2)21)30-19(16)29-13(5)24/h14,16-19H,6-9H2,1-5H3,(H,20,25). The van der Waals surface area contributed by atoms with Crippen LogP contribution in [0.3, 0.4) is 0 Å². The maximum atomic E-state index is 12.4. The van der Waals surface area contributed by atoms with Crippen molar-refractivity contribution in [2.45, 2.75) is 82.8 Å². The quantitative estimate of drug-likeness (QED) is 0.404. The van der Waals surface area contributed by atoms with E-state index < -0.39 is 52.8 Å². The fourth-order valence-corrected chi connectivity index (χ4v) is 4.36. The normalized spacial score (nSPS) is 25.6. The van der Waals surface area contributed by atoms with Gasteiger partial charge in [0, 0.05) is 34.1 Å². The van der Waals surface area contributed by atoms with Crippen molar-refractivity contribution in [3.63, 3.8) is 0 Å². The van der Waals surface area contributed by atoms with Gasteiger partial charge in [-0.3, -0.25) is 24.0 Å². The molecular weight excluding hydrogens is 418 g/mol. The zero-order valence-corrected chi connectivity index (χ0v) is 18.6. The molecular formula is C19H29NO9S. The highest BCUT2D eigenvalue weighted by molar-refractivity contribution is 8.00. The summed E-state index contributed by atoms with van der Waals surface area (Å²) >= 11 is 1.05. The van der Waals surface area contributed by atoms with E-state index in [4.69, 9.17) is 18.9 Å². The van der Waals surface area contributed by atoms with Crippen LogP contribution in [0.4, 0.5) is 0 Å². The molecule has 1 saturated heterocycles. The summed E-state index contributed by atoms with van der Waals surface area (Å²) in [5.74, 6) is -2.81. The van der Waals surface area contributed by atoms with E-state index in [1.165, 1.54) is 27.7 Å². The number of carbonyl (C=O) groups excluding carboxylic acids is 5. The Hall–Kier alpha value is -2.30. The molecule has 1 aliphatic rings. The van der Waals surface area contributed by atoms with Gasteiger partial charge in [-0.25, -0.2) is 0 Å². The van der Waals surface area contributed by atoms with E-state index in [0.717, 1.165) is 18.2 Å². The second-order valence-corrected chi connectivity index (χ2v) is 8.14. The Labute approximate surface area is 179 Å². The van der Waals surface area contributed by atoms with Crippen molar-refractivity contribution in [3.05, 3.63) is 0 Å². The molecule has 1 heterocycles. The molecule has 0 aromatic carbocycles. The molecule has 30 heavy (non-hydrogen) atoms. The number of hydrogen-bond acceptors (Lipinski definition) is 10. The topological polar surface area (TPSA) is 134 Å². The largest absolute Gasteiger partial charge is 0.465 e. The van der Waals surface area contributed by atoms with Crippen LogP contribution in [0.5, 0.6) is 0 Å². The van der Waals surface area contributed by atoms with E-state index in [2.05, 4.69) is 5.32 Å². The number of ether oxygens (including phenoxy) is 4. The average Bonchev–Trinajstić information content (AvgIpc) is 2.62. The lowest BCUT2D eigenvalue weighted by Gasteiger charge is -2.44. The fourth-order valence-electron chi connectivity index (χ4n) is 2.92. The summed E-state index contributed by atoms with van der Waals surface area (Å²) in [5.41, 5.74) is -0.954. The van der Waals surface area contributed by atoms with E-state index >= 15 is 0 Å². The van der Waals surface area contributed by atoms with Crippen LogP contribution >= 0.6 is 11.8 Å². The number of rotatable bonds is 9. The molecule has 0 bridgehead atoms. The summed E-state index contributed by atoms with van der Waals surface area (Å²) in [5, 5.41) is 2.04.